The van der Waals surface area contributed by atoms with E-state index in [0.717, 1.165) is 32.6 Å². The molecule has 2 amide bonds. The van der Waals surface area contributed by atoms with Crippen molar-refractivity contribution in [2.75, 3.05) is 58.9 Å². The van der Waals surface area contributed by atoms with Gasteiger partial charge in [0.2, 0.25) is 11.8 Å². The Balaban J connectivity index is 1.68. The molecule has 2 saturated heterocycles. The lowest BCUT2D eigenvalue weighted by Crippen LogP contribution is -2.52. The highest BCUT2D eigenvalue weighted by molar-refractivity contribution is 5.79. The molecule has 0 aromatic rings. The van der Waals surface area contributed by atoms with E-state index in [-0.39, 0.29) is 11.8 Å². The Hall–Kier alpha value is -1.14. The lowest BCUT2D eigenvalue weighted by atomic mass is 10.0. The smallest absolute Gasteiger partial charge is 0.236 e. The van der Waals surface area contributed by atoms with Crippen molar-refractivity contribution in [2.24, 2.45) is 5.92 Å². The van der Waals surface area contributed by atoms with Crippen molar-refractivity contribution in [1.82, 2.24) is 20.0 Å². The third kappa shape index (κ3) is 5.46. The van der Waals surface area contributed by atoms with Gasteiger partial charge in [-0.25, -0.2) is 0 Å². The zero-order valence-corrected chi connectivity index (χ0v) is 14.7. The molecule has 1 atom stereocenters. The highest BCUT2D eigenvalue weighted by Gasteiger charge is 2.25. The number of hydrogen-bond acceptors (Lipinski definition) is 4. The molecule has 2 rings (SSSR count). The Morgan fingerprint density at radius 3 is 2.17 bits per heavy atom. The number of rotatable bonds is 7. The van der Waals surface area contributed by atoms with Gasteiger partial charge in [0, 0.05) is 32.6 Å². The summed E-state index contributed by atoms with van der Waals surface area (Å²) in [6.45, 7) is 11.3. The summed E-state index contributed by atoms with van der Waals surface area (Å²) in [5.74, 6) is 1.11. The van der Waals surface area contributed by atoms with Gasteiger partial charge in [0.15, 0.2) is 0 Å². The van der Waals surface area contributed by atoms with Crippen LogP contribution in [0.25, 0.3) is 0 Å². The number of piperazine rings is 1. The summed E-state index contributed by atoms with van der Waals surface area (Å²) in [6.07, 6.45) is 2.84. The van der Waals surface area contributed by atoms with Gasteiger partial charge >= 0.3 is 0 Å². The van der Waals surface area contributed by atoms with E-state index >= 15 is 0 Å². The van der Waals surface area contributed by atoms with Crippen LogP contribution in [0.4, 0.5) is 0 Å². The maximum absolute atomic E-state index is 12.3. The van der Waals surface area contributed by atoms with Gasteiger partial charge in [-0.15, -0.1) is 0 Å². The van der Waals surface area contributed by atoms with Crippen LogP contribution in [0.3, 0.4) is 0 Å². The number of carbonyl (C=O) groups excluding carboxylic acids is 2. The molecule has 2 fully saturated rings. The summed E-state index contributed by atoms with van der Waals surface area (Å²) in [5, 5.41) is 3.35. The molecule has 2 heterocycles. The van der Waals surface area contributed by atoms with E-state index in [1.54, 1.807) is 0 Å². The van der Waals surface area contributed by atoms with Crippen LogP contribution in [0.1, 0.15) is 33.1 Å². The predicted octanol–water partition coefficient (Wildman–Crippen LogP) is 0.389. The van der Waals surface area contributed by atoms with Gasteiger partial charge in [0.1, 0.15) is 0 Å². The minimum absolute atomic E-state index is 0.192. The minimum atomic E-state index is 0.192. The molecule has 6 nitrogen and oxygen atoms in total. The van der Waals surface area contributed by atoms with Gasteiger partial charge in [-0.1, -0.05) is 13.8 Å². The summed E-state index contributed by atoms with van der Waals surface area (Å²) in [7, 11) is 0. The van der Waals surface area contributed by atoms with Crippen LogP contribution in [-0.4, -0.2) is 85.4 Å². The van der Waals surface area contributed by atoms with E-state index in [1.165, 1.54) is 6.42 Å². The van der Waals surface area contributed by atoms with E-state index in [9.17, 15) is 9.59 Å². The van der Waals surface area contributed by atoms with E-state index in [1.807, 2.05) is 9.80 Å². The Morgan fingerprint density at radius 2 is 1.65 bits per heavy atom. The summed E-state index contributed by atoms with van der Waals surface area (Å²) in [4.78, 5) is 30.5. The van der Waals surface area contributed by atoms with Crippen molar-refractivity contribution < 1.29 is 9.59 Å². The molecule has 0 radical (unpaired) electrons. The standard InChI is InChI=1S/C17H32N4O2/c1-3-19(4-2)14-17(23)21-11-9-20(10-12-21)16(22)6-5-15-7-8-18-13-15/h15,18H,3-14H2,1-2H3. The van der Waals surface area contributed by atoms with Gasteiger partial charge in [-0.3, -0.25) is 14.5 Å². The van der Waals surface area contributed by atoms with Crippen LogP contribution in [0, 0.1) is 5.92 Å². The molecule has 1 N–H and O–H groups in total. The monoisotopic (exact) mass is 324 g/mol. The van der Waals surface area contributed by atoms with Crippen LogP contribution in [0.15, 0.2) is 0 Å². The fraction of sp³-hybridized carbons (Fsp3) is 0.882. The van der Waals surface area contributed by atoms with E-state index in [2.05, 4.69) is 24.1 Å². The first-order valence-corrected chi connectivity index (χ1v) is 9.12. The highest BCUT2D eigenvalue weighted by Crippen LogP contribution is 2.16. The number of nitrogens with one attached hydrogen (secondary N) is 1. The van der Waals surface area contributed by atoms with Gasteiger partial charge in [-0.05, 0) is 44.9 Å². The number of likely N-dealkylation sites (N-methyl/N-ethyl adjacent to an activating group) is 1. The van der Waals surface area contributed by atoms with Crippen LogP contribution in [0.5, 0.6) is 0 Å². The van der Waals surface area contributed by atoms with Crippen LogP contribution in [0.2, 0.25) is 0 Å². The molecule has 2 aliphatic heterocycles. The van der Waals surface area contributed by atoms with Crippen molar-refractivity contribution in [3.05, 3.63) is 0 Å². The van der Waals surface area contributed by atoms with Crippen molar-refractivity contribution in [3.63, 3.8) is 0 Å². The van der Waals surface area contributed by atoms with Crippen LogP contribution >= 0.6 is 0 Å². The summed E-state index contributed by atoms with van der Waals surface area (Å²) >= 11 is 0. The van der Waals surface area contributed by atoms with Crippen molar-refractivity contribution in [2.45, 2.75) is 33.1 Å². The normalized spacial score (nSPS) is 22.0. The van der Waals surface area contributed by atoms with Gasteiger partial charge in [0.05, 0.1) is 6.54 Å². The SMILES string of the molecule is CCN(CC)CC(=O)N1CCN(C(=O)CCC2CCNC2)CC1. The Labute approximate surface area is 140 Å². The lowest BCUT2D eigenvalue weighted by molar-refractivity contribution is -0.140. The molecule has 1 unspecified atom stereocenters. The fourth-order valence-electron chi connectivity index (χ4n) is 3.39. The first-order chi connectivity index (χ1) is 11.1. The molecular weight excluding hydrogens is 292 g/mol. The summed E-state index contributed by atoms with van der Waals surface area (Å²) in [6, 6.07) is 0. The molecule has 132 valence electrons. The van der Waals surface area contributed by atoms with Crippen LogP contribution < -0.4 is 5.32 Å². The van der Waals surface area contributed by atoms with E-state index in [4.69, 9.17) is 0 Å². The molecule has 0 bridgehead atoms. The lowest BCUT2D eigenvalue weighted by Gasteiger charge is -2.36. The second-order valence-corrected chi connectivity index (χ2v) is 6.62. The average Bonchev–Trinajstić information content (AvgIpc) is 3.11. The molecule has 0 spiro atoms. The second kappa shape index (κ2) is 9.23. The van der Waals surface area contributed by atoms with Gasteiger partial charge in [0.25, 0.3) is 0 Å². The number of nitrogens with zero attached hydrogens (tertiary/aromatic N) is 3. The largest absolute Gasteiger partial charge is 0.339 e. The topological polar surface area (TPSA) is 55.9 Å². The zero-order valence-electron chi connectivity index (χ0n) is 14.7. The average molecular weight is 324 g/mol. The Morgan fingerprint density at radius 1 is 1.04 bits per heavy atom. The van der Waals surface area contributed by atoms with Crippen molar-refractivity contribution in [3.8, 4) is 0 Å². The number of carbonyl (C=O) groups is 2. The second-order valence-electron chi connectivity index (χ2n) is 6.62. The molecule has 6 heteroatoms. The summed E-state index contributed by atoms with van der Waals surface area (Å²) in [5.41, 5.74) is 0. The molecule has 0 aromatic heterocycles. The van der Waals surface area contributed by atoms with E-state index < -0.39 is 0 Å². The van der Waals surface area contributed by atoms with Gasteiger partial charge in [-0.2, -0.15) is 0 Å². The molecule has 0 aliphatic carbocycles. The molecule has 0 aromatic carbocycles. The zero-order chi connectivity index (χ0) is 16.7. The fourth-order valence-corrected chi connectivity index (χ4v) is 3.39. The highest BCUT2D eigenvalue weighted by atomic mass is 16.2. The maximum atomic E-state index is 12.3. The third-order valence-corrected chi connectivity index (χ3v) is 5.17. The van der Waals surface area contributed by atoms with Crippen LogP contribution in [-0.2, 0) is 9.59 Å². The molecular formula is C17H32N4O2. The quantitative estimate of drug-likeness (QED) is 0.736. The third-order valence-electron chi connectivity index (χ3n) is 5.17. The summed E-state index contributed by atoms with van der Waals surface area (Å²) < 4.78 is 0. The molecule has 0 saturated carbocycles. The maximum Gasteiger partial charge on any atom is 0.236 e. The minimum Gasteiger partial charge on any atom is -0.339 e. The number of amides is 2. The Bertz CT molecular complexity index is 384. The first kappa shape index (κ1) is 18.2. The first-order valence-electron chi connectivity index (χ1n) is 9.12. The Kier molecular flexibility index (Phi) is 7.30. The van der Waals surface area contributed by atoms with Gasteiger partial charge < -0.3 is 15.1 Å². The van der Waals surface area contributed by atoms with Crippen molar-refractivity contribution >= 4 is 11.8 Å². The molecule has 2 aliphatic rings. The van der Waals surface area contributed by atoms with Crippen molar-refractivity contribution in [1.29, 1.82) is 0 Å². The van der Waals surface area contributed by atoms with E-state index in [0.29, 0.717) is 45.1 Å². The molecule has 23 heavy (non-hydrogen) atoms. The predicted molar refractivity (Wildman–Crippen MR) is 91.2 cm³/mol. The number of hydrogen-bond donors (Lipinski definition) is 1.